The summed E-state index contributed by atoms with van der Waals surface area (Å²) in [5.74, 6) is 0.252. The van der Waals surface area contributed by atoms with Gasteiger partial charge in [-0.05, 0) is 57.6 Å². The number of nitrogens with two attached hydrogens (primary N) is 1. The van der Waals surface area contributed by atoms with Gasteiger partial charge in [-0.2, -0.15) is 0 Å². The van der Waals surface area contributed by atoms with Crippen molar-refractivity contribution in [1.29, 1.82) is 0 Å². The molecule has 3 N–H and O–H groups in total. The highest BCUT2D eigenvalue weighted by Crippen LogP contribution is 2.41. The van der Waals surface area contributed by atoms with E-state index in [-0.39, 0.29) is 5.75 Å². The molecule has 0 fully saturated rings. The Morgan fingerprint density at radius 1 is 0.538 bits per heavy atom. The van der Waals surface area contributed by atoms with Crippen LogP contribution in [0.4, 0.5) is 5.69 Å². The summed E-state index contributed by atoms with van der Waals surface area (Å²) in [5.41, 5.74) is 13.5. The summed E-state index contributed by atoms with van der Waals surface area (Å²) in [5, 5.41) is 9.65. The molecule has 4 rings (SSSR count). The fourth-order valence-electron chi connectivity index (χ4n) is 3.29. The molecule has 0 aromatic heterocycles. The second-order valence-corrected chi connectivity index (χ2v) is 6.27. The van der Waals surface area contributed by atoms with Gasteiger partial charge in [0.25, 0.3) is 0 Å². The predicted octanol–water partition coefficient (Wildman–Crippen LogP) is 5.98. The third-order valence-electron chi connectivity index (χ3n) is 4.49. The van der Waals surface area contributed by atoms with Crippen LogP contribution in [0.25, 0.3) is 33.4 Å². The van der Waals surface area contributed by atoms with E-state index in [4.69, 9.17) is 5.73 Å². The zero-order valence-corrected chi connectivity index (χ0v) is 14.3. The first-order valence-electron chi connectivity index (χ1n) is 8.56. The van der Waals surface area contributed by atoms with Gasteiger partial charge in [-0.25, -0.2) is 0 Å². The SMILES string of the molecule is Nc1cc(-c2ccccc2)c(-c2ccccc2)c(-c2ccc(O)cc2)c1. The Labute approximate surface area is 153 Å². The first-order chi connectivity index (χ1) is 12.7. The monoisotopic (exact) mass is 337 g/mol. The Bertz CT molecular complexity index is 1020. The van der Waals surface area contributed by atoms with Crippen LogP contribution in [0.1, 0.15) is 0 Å². The van der Waals surface area contributed by atoms with Crippen molar-refractivity contribution in [1.82, 2.24) is 0 Å². The molecule has 126 valence electrons. The quantitative estimate of drug-likeness (QED) is 0.452. The largest absolute Gasteiger partial charge is 0.508 e. The van der Waals surface area contributed by atoms with Crippen molar-refractivity contribution in [3.63, 3.8) is 0 Å². The fourth-order valence-corrected chi connectivity index (χ4v) is 3.29. The minimum absolute atomic E-state index is 0.252. The van der Waals surface area contributed by atoms with Crippen molar-refractivity contribution >= 4 is 5.69 Å². The average molecular weight is 337 g/mol. The summed E-state index contributed by atoms with van der Waals surface area (Å²) in [4.78, 5) is 0. The molecule has 0 unspecified atom stereocenters. The van der Waals surface area contributed by atoms with Gasteiger partial charge in [-0.1, -0.05) is 72.8 Å². The summed E-state index contributed by atoms with van der Waals surface area (Å²) < 4.78 is 0. The number of phenols is 1. The summed E-state index contributed by atoms with van der Waals surface area (Å²) >= 11 is 0. The van der Waals surface area contributed by atoms with Crippen molar-refractivity contribution < 1.29 is 5.11 Å². The fraction of sp³-hybridized carbons (Fsp3) is 0. The van der Waals surface area contributed by atoms with Crippen LogP contribution in [0.3, 0.4) is 0 Å². The smallest absolute Gasteiger partial charge is 0.115 e. The van der Waals surface area contributed by atoms with E-state index < -0.39 is 0 Å². The van der Waals surface area contributed by atoms with E-state index in [2.05, 4.69) is 24.3 Å². The maximum atomic E-state index is 9.65. The van der Waals surface area contributed by atoms with Crippen molar-refractivity contribution in [3.05, 3.63) is 97.1 Å². The Kier molecular flexibility index (Phi) is 4.16. The molecule has 2 heteroatoms. The second-order valence-electron chi connectivity index (χ2n) is 6.27. The molecule has 4 aromatic carbocycles. The van der Waals surface area contributed by atoms with Gasteiger partial charge in [-0.3, -0.25) is 0 Å². The summed E-state index contributed by atoms with van der Waals surface area (Å²) in [6.07, 6.45) is 0. The van der Waals surface area contributed by atoms with Gasteiger partial charge in [0.15, 0.2) is 0 Å². The van der Waals surface area contributed by atoms with Crippen LogP contribution in [0.15, 0.2) is 97.1 Å². The molecular weight excluding hydrogens is 318 g/mol. The van der Waals surface area contributed by atoms with Gasteiger partial charge < -0.3 is 10.8 Å². The molecule has 0 aliphatic rings. The predicted molar refractivity (Wildman–Crippen MR) is 109 cm³/mol. The minimum Gasteiger partial charge on any atom is -0.508 e. The lowest BCUT2D eigenvalue weighted by molar-refractivity contribution is 0.475. The third kappa shape index (κ3) is 3.05. The van der Waals surface area contributed by atoms with Crippen LogP contribution in [0.2, 0.25) is 0 Å². The van der Waals surface area contributed by atoms with E-state index in [9.17, 15) is 5.11 Å². The molecule has 0 spiro atoms. The topological polar surface area (TPSA) is 46.2 Å². The van der Waals surface area contributed by atoms with Crippen LogP contribution >= 0.6 is 0 Å². The highest BCUT2D eigenvalue weighted by molar-refractivity contribution is 5.96. The van der Waals surface area contributed by atoms with Gasteiger partial charge in [0.05, 0.1) is 0 Å². The molecule has 0 amide bonds. The number of phenolic OH excluding ortho intramolecular Hbond substituents is 1. The summed E-state index contributed by atoms with van der Waals surface area (Å²) in [6.45, 7) is 0. The molecule has 0 aliphatic heterocycles. The van der Waals surface area contributed by atoms with Crippen LogP contribution in [-0.2, 0) is 0 Å². The molecule has 0 atom stereocenters. The number of hydrogen-bond acceptors (Lipinski definition) is 2. The van der Waals surface area contributed by atoms with Crippen LogP contribution in [-0.4, -0.2) is 5.11 Å². The molecule has 26 heavy (non-hydrogen) atoms. The van der Waals surface area contributed by atoms with Gasteiger partial charge in [-0.15, -0.1) is 0 Å². The Morgan fingerprint density at radius 3 is 1.54 bits per heavy atom. The van der Waals surface area contributed by atoms with E-state index in [1.165, 1.54) is 0 Å². The second kappa shape index (κ2) is 6.77. The van der Waals surface area contributed by atoms with E-state index in [1.807, 2.05) is 60.7 Å². The molecule has 0 radical (unpaired) electrons. The molecule has 4 aromatic rings. The molecule has 2 nitrogen and oxygen atoms in total. The molecule has 0 aliphatic carbocycles. The number of rotatable bonds is 3. The third-order valence-corrected chi connectivity index (χ3v) is 4.49. The van der Waals surface area contributed by atoms with Gasteiger partial charge in [0.1, 0.15) is 5.75 Å². The zero-order chi connectivity index (χ0) is 17.9. The maximum Gasteiger partial charge on any atom is 0.115 e. The first-order valence-corrected chi connectivity index (χ1v) is 8.56. The average Bonchev–Trinajstić information content (AvgIpc) is 2.69. The van der Waals surface area contributed by atoms with E-state index >= 15 is 0 Å². The molecular formula is C24H19NO. The molecule has 0 heterocycles. The van der Waals surface area contributed by atoms with E-state index in [0.29, 0.717) is 5.69 Å². The highest BCUT2D eigenvalue weighted by atomic mass is 16.3. The Hall–Kier alpha value is -3.52. The van der Waals surface area contributed by atoms with Crippen LogP contribution in [0, 0.1) is 0 Å². The van der Waals surface area contributed by atoms with Crippen molar-refractivity contribution in [2.75, 3.05) is 5.73 Å². The van der Waals surface area contributed by atoms with Crippen LogP contribution in [0.5, 0.6) is 5.75 Å². The van der Waals surface area contributed by atoms with Crippen molar-refractivity contribution in [3.8, 4) is 39.1 Å². The van der Waals surface area contributed by atoms with Gasteiger partial charge in [0.2, 0.25) is 0 Å². The molecule has 0 saturated carbocycles. The van der Waals surface area contributed by atoms with E-state index in [0.717, 1.165) is 33.4 Å². The lowest BCUT2D eigenvalue weighted by Crippen LogP contribution is -1.94. The van der Waals surface area contributed by atoms with Crippen LogP contribution < -0.4 is 5.73 Å². The number of nitrogen functional groups attached to an aromatic ring is 1. The first kappa shape index (κ1) is 16.0. The summed E-state index contributed by atoms with van der Waals surface area (Å²) in [7, 11) is 0. The summed E-state index contributed by atoms with van der Waals surface area (Å²) in [6, 6.07) is 31.9. The lowest BCUT2D eigenvalue weighted by atomic mass is 9.87. The van der Waals surface area contributed by atoms with Gasteiger partial charge in [0, 0.05) is 5.69 Å². The lowest BCUT2D eigenvalue weighted by Gasteiger charge is -2.17. The Morgan fingerprint density at radius 2 is 1.00 bits per heavy atom. The number of hydrogen-bond donors (Lipinski definition) is 2. The van der Waals surface area contributed by atoms with E-state index in [1.54, 1.807) is 12.1 Å². The number of anilines is 1. The highest BCUT2D eigenvalue weighted by Gasteiger charge is 2.15. The Balaban J connectivity index is 2.05. The van der Waals surface area contributed by atoms with Crippen molar-refractivity contribution in [2.45, 2.75) is 0 Å². The maximum absolute atomic E-state index is 9.65. The van der Waals surface area contributed by atoms with Gasteiger partial charge >= 0.3 is 0 Å². The normalized spacial score (nSPS) is 10.6. The standard InChI is InChI=1S/C24H19NO/c25-20-15-22(17-7-3-1-4-8-17)24(19-9-5-2-6-10-19)23(16-20)18-11-13-21(26)14-12-18/h1-16,26H,25H2. The molecule has 0 bridgehead atoms. The zero-order valence-electron chi connectivity index (χ0n) is 14.3. The number of benzene rings is 4. The number of aromatic hydroxyl groups is 1. The van der Waals surface area contributed by atoms with Crippen molar-refractivity contribution in [2.24, 2.45) is 0 Å². The minimum atomic E-state index is 0.252. The molecule has 0 saturated heterocycles.